The van der Waals surface area contributed by atoms with Crippen LogP contribution in [-0.4, -0.2) is 77.4 Å². The highest BCUT2D eigenvalue weighted by molar-refractivity contribution is 7.98. The topological polar surface area (TPSA) is 116 Å². The fourth-order valence-electron chi connectivity index (χ4n) is 4.19. The molecule has 2 heterocycles. The fraction of sp³-hybridized carbons (Fsp3) is 0.556. The number of esters is 1. The van der Waals surface area contributed by atoms with Crippen LogP contribution in [0.1, 0.15) is 54.8 Å². The monoisotopic (exact) mass is 529 g/mol. The predicted octanol–water partition coefficient (Wildman–Crippen LogP) is 2.64. The number of imidazole rings is 1. The van der Waals surface area contributed by atoms with Crippen LogP contribution in [0.25, 0.3) is 0 Å². The second-order valence-corrected chi connectivity index (χ2v) is 10.4. The number of nitrogens with one attached hydrogen (secondary N) is 3. The van der Waals surface area contributed by atoms with Gasteiger partial charge in [-0.15, -0.1) is 0 Å². The zero-order chi connectivity index (χ0) is 26.5. The lowest BCUT2D eigenvalue weighted by Crippen LogP contribution is -2.45. The minimum Gasteiger partial charge on any atom is -0.467 e. The molecule has 1 aromatic heterocycles. The van der Waals surface area contributed by atoms with Crippen molar-refractivity contribution in [2.45, 2.75) is 57.0 Å². The Bertz CT molecular complexity index is 990. The highest BCUT2D eigenvalue weighted by atomic mass is 32.2. The summed E-state index contributed by atoms with van der Waals surface area (Å²) in [6, 6.07) is 7.93. The Morgan fingerprint density at radius 3 is 2.68 bits per heavy atom. The molecule has 4 rings (SSSR count). The van der Waals surface area contributed by atoms with Crippen LogP contribution in [-0.2, 0) is 32.1 Å². The number of hydrogen-bond acceptors (Lipinski definition) is 7. The molecule has 37 heavy (non-hydrogen) atoms. The van der Waals surface area contributed by atoms with E-state index < -0.39 is 12.0 Å². The molecule has 10 heteroatoms. The zero-order valence-electron chi connectivity index (χ0n) is 21.8. The van der Waals surface area contributed by atoms with E-state index in [-0.39, 0.29) is 18.4 Å². The molecule has 1 aliphatic carbocycles. The maximum atomic E-state index is 12.0. The van der Waals surface area contributed by atoms with E-state index in [9.17, 15) is 14.4 Å². The van der Waals surface area contributed by atoms with Gasteiger partial charge in [0.1, 0.15) is 6.04 Å². The van der Waals surface area contributed by atoms with Crippen molar-refractivity contribution in [3.63, 3.8) is 0 Å². The molecule has 1 aromatic carbocycles. The lowest BCUT2D eigenvalue weighted by Gasteiger charge is -2.16. The van der Waals surface area contributed by atoms with Crippen molar-refractivity contribution in [2.24, 2.45) is 0 Å². The standard InChI is InChI=1S/C18H26N2O3S.C9H13N3O/c1-23-18(22)16(8-9-24-2)20-17(21)12-19-11-13-4-3-5-15(10-13)14-6-7-14;13-9(12-3-1-2-4-12)5-8-6-10-7-11-8/h3-5,10,14,16,19H,6-9,11-12H2,1-2H3,(H,20,21);6-7H,1-5H2,(H,10,11). The first-order chi connectivity index (χ1) is 18.0. The molecule has 9 nitrogen and oxygen atoms in total. The van der Waals surface area contributed by atoms with Crippen molar-refractivity contribution >= 4 is 29.5 Å². The number of H-pyrrole nitrogens is 1. The van der Waals surface area contributed by atoms with E-state index in [1.165, 1.54) is 31.1 Å². The number of amides is 2. The smallest absolute Gasteiger partial charge is 0.328 e. The van der Waals surface area contributed by atoms with E-state index in [1.807, 2.05) is 11.2 Å². The van der Waals surface area contributed by atoms with Crippen LogP contribution < -0.4 is 10.6 Å². The number of ether oxygens (including phenoxy) is 1. The first-order valence-electron chi connectivity index (χ1n) is 12.9. The third kappa shape index (κ3) is 10.2. The van der Waals surface area contributed by atoms with E-state index in [1.54, 1.807) is 24.3 Å². The predicted molar refractivity (Wildman–Crippen MR) is 145 cm³/mol. The van der Waals surface area contributed by atoms with E-state index in [0.29, 0.717) is 19.4 Å². The summed E-state index contributed by atoms with van der Waals surface area (Å²) in [6.45, 7) is 2.66. The van der Waals surface area contributed by atoms with Gasteiger partial charge in [-0.05, 0) is 61.2 Å². The third-order valence-electron chi connectivity index (χ3n) is 6.39. The summed E-state index contributed by atoms with van der Waals surface area (Å²) in [5.74, 6) is 1.14. The fourth-order valence-corrected chi connectivity index (χ4v) is 4.66. The molecule has 0 bridgehead atoms. The third-order valence-corrected chi connectivity index (χ3v) is 7.04. The summed E-state index contributed by atoms with van der Waals surface area (Å²) in [4.78, 5) is 44.1. The van der Waals surface area contributed by atoms with Crippen LogP contribution in [0, 0.1) is 0 Å². The zero-order valence-corrected chi connectivity index (χ0v) is 22.6. The highest BCUT2D eigenvalue weighted by Crippen LogP contribution is 2.40. The van der Waals surface area contributed by atoms with Crippen LogP contribution in [0.3, 0.4) is 0 Å². The van der Waals surface area contributed by atoms with Crippen LogP contribution in [0.2, 0.25) is 0 Å². The SMILES string of the molecule is COC(=O)C(CCSC)NC(=O)CNCc1cccc(C2CC2)c1.O=C(Cc1c[nH]cn1)N1CCCC1. The van der Waals surface area contributed by atoms with Gasteiger partial charge < -0.3 is 25.3 Å². The summed E-state index contributed by atoms with van der Waals surface area (Å²) in [5, 5.41) is 5.88. The highest BCUT2D eigenvalue weighted by Gasteiger charge is 2.23. The molecule has 2 amide bonds. The number of benzene rings is 1. The summed E-state index contributed by atoms with van der Waals surface area (Å²) < 4.78 is 4.74. The van der Waals surface area contributed by atoms with Gasteiger partial charge in [-0.3, -0.25) is 9.59 Å². The molecule has 1 aliphatic heterocycles. The van der Waals surface area contributed by atoms with Crippen molar-refractivity contribution in [2.75, 3.05) is 38.8 Å². The molecule has 2 aliphatic rings. The molecular weight excluding hydrogens is 490 g/mol. The Hall–Kier alpha value is -2.85. The van der Waals surface area contributed by atoms with Gasteiger partial charge in [0.05, 0.1) is 32.1 Å². The molecule has 1 unspecified atom stereocenters. The van der Waals surface area contributed by atoms with Gasteiger partial charge in [-0.1, -0.05) is 24.3 Å². The first-order valence-corrected chi connectivity index (χ1v) is 14.3. The van der Waals surface area contributed by atoms with E-state index in [2.05, 4.69) is 44.9 Å². The number of aromatic nitrogens is 2. The summed E-state index contributed by atoms with van der Waals surface area (Å²) in [6.07, 6.45) is 11.2. The van der Waals surface area contributed by atoms with Gasteiger partial charge in [0, 0.05) is 25.8 Å². The second kappa shape index (κ2) is 15.4. The lowest BCUT2D eigenvalue weighted by molar-refractivity contribution is -0.145. The molecule has 2 aromatic rings. The molecule has 1 atom stereocenters. The number of likely N-dealkylation sites (tertiary alicyclic amines) is 1. The molecule has 0 spiro atoms. The quantitative estimate of drug-likeness (QED) is 0.362. The van der Waals surface area contributed by atoms with Crippen molar-refractivity contribution in [3.8, 4) is 0 Å². The van der Waals surface area contributed by atoms with E-state index in [4.69, 9.17) is 4.74 Å². The Kier molecular flexibility index (Phi) is 12.0. The number of methoxy groups -OCH3 is 1. The molecule has 3 N–H and O–H groups in total. The number of carbonyl (C=O) groups is 3. The molecule has 1 saturated heterocycles. The maximum absolute atomic E-state index is 12.0. The van der Waals surface area contributed by atoms with Gasteiger partial charge in [0.2, 0.25) is 11.8 Å². The summed E-state index contributed by atoms with van der Waals surface area (Å²) in [5.41, 5.74) is 3.40. The summed E-state index contributed by atoms with van der Waals surface area (Å²) in [7, 11) is 1.34. The number of nitrogens with zero attached hydrogens (tertiary/aromatic N) is 2. The van der Waals surface area contributed by atoms with E-state index >= 15 is 0 Å². The number of hydrogen-bond donors (Lipinski definition) is 3. The van der Waals surface area contributed by atoms with Crippen LogP contribution >= 0.6 is 11.8 Å². The molecule has 0 radical (unpaired) electrons. The average Bonchev–Trinajstić information content (AvgIpc) is 3.36. The maximum Gasteiger partial charge on any atom is 0.328 e. The van der Waals surface area contributed by atoms with Gasteiger partial charge in [0.15, 0.2) is 0 Å². The molecular formula is C27H39N5O4S. The minimum atomic E-state index is -0.574. The second-order valence-electron chi connectivity index (χ2n) is 9.37. The van der Waals surface area contributed by atoms with Gasteiger partial charge in [0.25, 0.3) is 0 Å². The van der Waals surface area contributed by atoms with E-state index in [0.717, 1.165) is 43.3 Å². The van der Waals surface area contributed by atoms with Gasteiger partial charge in [-0.2, -0.15) is 11.8 Å². The Morgan fingerprint density at radius 2 is 2.03 bits per heavy atom. The van der Waals surface area contributed by atoms with Crippen molar-refractivity contribution in [1.82, 2.24) is 25.5 Å². The normalized spacial score (nSPS) is 15.5. The van der Waals surface area contributed by atoms with Gasteiger partial charge in [-0.25, -0.2) is 9.78 Å². The number of carbonyl (C=O) groups excluding carboxylic acids is 3. The average molecular weight is 530 g/mol. The Morgan fingerprint density at radius 1 is 1.24 bits per heavy atom. The largest absolute Gasteiger partial charge is 0.467 e. The molecule has 202 valence electrons. The molecule has 2 fully saturated rings. The minimum absolute atomic E-state index is 0.181. The Labute approximate surface area is 223 Å². The van der Waals surface area contributed by atoms with Crippen LogP contribution in [0.15, 0.2) is 36.8 Å². The van der Waals surface area contributed by atoms with Crippen molar-refractivity contribution < 1.29 is 19.1 Å². The van der Waals surface area contributed by atoms with Crippen molar-refractivity contribution in [1.29, 1.82) is 0 Å². The number of thioether (sulfide) groups is 1. The summed E-state index contributed by atoms with van der Waals surface area (Å²) >= 11 is 1.63. The van der Waals surface area contributed by atoms with Crippen LogP contribution in [0.5, 0.6) is 0 Å². The molecule has 1 saturated carbocycles. The van der Waals surface area contributed by atoms with Crippen LogP contribution in [0.4, 0.5) is 0 Å². The van der Waals surface area contributed by atoms with Gasteiger partial charge >= 0.3 is 5.97 Å². The Balaban J connectivity index is 0.000000244. The first kappa shape index (κ1) is 28.7. The number of aromatic amines is 1. The lowest BCUT2D eigenvalue weighted by atomic mass is 10.1. The number of rotatable bonds is 12. The van der Waals surface area contributed by atoms with Crippen molar-refractivity contribution in [3.05, 3.63) is 53.6 Å².